The summed E-state index contributed by atoms with van der Waals surface area (Å²) in [5, 5.41) is 2.34. The predicted octanol–water partition coefficient (Wildman–Crippen LogP) is 4.89. The highest BCUT2D eigenvalue weighted by molar-refractivity contribution is 7.86. The van der Waals surface area contributed by atoms with E-state index >= 15 is 0 Å². The maximum atomic E-state index is 13.3. The topological polar surface area (TPSA) is 84.9 Å². The smallest absolute Gasteiger partial charge is 0.418 e. The quantitative estimate of drug-likeness (QED) is 0.551. The van der Waals surface area contributed by atoms with Crippen LogP contribution in [0.4, 0.5) is 23.7 Å². The molecule has 0 aliphatic carbocycles. The highest BCUT2D eigenvalue weighted by Gasteiger charge is 2.34. The number of rotatable bonds is 8. The van der Waals surface area contributed by atoms with Gasteiger partial charge < -0.3 is 19.1 Å². The highest BCUT2D eigenvalue weighted by atomic mass is 32.2. The summed E-state index contributed by atoms with van der Waals surface area (Å²) in [4.78, 5) is 14.3. The van der Waals surface area contributed by atoms with Crippen LogP contribution in [0, 0.1) is 0 Å². The summed E-state index contributed by atoms with van der Waals surface area (Å²) in [5.41, 5.74) is -0.802. The van der Waals surface area contributed by atoms with Gasteiger partial charge >= 0.3 is 22.3 Å². The van der Waals surface area contributed by atoms with Crippen LogP contribution in [0.25, 0.3) is 0 Å². The zero-order valence-electron chi connectivity index (χ0n) is 18.1. The molecule has 0 fully saturated rings. The molecule has 2 aromatic rings. The predicted molar refractivity (Wildman–Crippen MR) is 114 cm³/mol. The second kappa shape index (κ2) is 10.1. The summed E-state index contributed by atoms with van der Waals surface area (Å²) in [5.74, 6) is 0.122. The Morgan fingerprint density at radius 2 is 1.81 bits per heavy atom. The Labute approximate surface area is 185 Å². The molecule has 11 heteroatoms. The van der Waals surface area contributed by atoms with Gasteiger partial charge in [0.25, 0.3) is 0 Å². The number of hydrogen-bond donors (Lipinski definition) is 1. The van der Waals surface area contributed by atoms with Gasteiger partial charge in [-0.1, -0.05) is 25.1 Å². The lowest BCUT2D eigenvalue weighted by Crippen LogP contribution is -2.41. The second-order valence-corrected chi connectivity index (χ2v) is 8.71. The summed E-state index contributed by atoms with van der Waals surface area (Å²) in [7, 11) is -2.48. The Morgan fingerprint density at radius 1 is 1.16 bits per heavy atom. The molecule has 2 amide bonds. The minimum absolute atomic E-state index is 0.000852. The number of nitrogens with one attached hydrogen (secondary N) is 1. The second-order valence-electron chi connectivity index (χ2n) is 7.13. The van der Waals surface area contributed by atoms with Gasteiger partial charge in [0.2, 0.25) is 0 Å². The molecule has 2 rings (SSSR count). The Kier molecular flexibility index (Phi) is 8.00. The van der Waals surface area contributed by atoms with Crippen LogP contribution in [0.3, 0.4) is 0 Å². The summed E-state index contributed by atoms with van der Waals surface area (Å²) < 4.78 is 73.0. The number of methoxy groups -OCH3 is 1. The van der Waals surface area contributed by atoms with Crippen LogP contribution in [0.2, 0.25) is 0 Å². The Morgan fingerprint density at radius 3 is 2.38 bits per heavy atom. The average molecular weight is 475 g/mol. The van der Waals surface area contributed by atoms with E-state index in [1.807, 2.05) is 6.92 Å². The lowest BCUT2D eigenvalue weighted by molar-refractivity contribution is -0.136. The van der Waals surface area contributed by atoms with E-state index in [2.05, 4.69) is 5.32 Å². The molecule has 0 aromatic heterocycles. The third-order valence-electron chi connectivity index (χ3n) is 4.68. The fourth-order valence-corrected chi connectivity index (χ4v) is 3.38. The lowest BCUT2D eigenvalue weighted by Gasteiger charge is -2.29. The van der Waals surface area contributed by atoms with Crippen molar-refractivity contribution in [1.82, 2.24) is 4.90 Å². The number of para-hydroxylation sites is 1. The molecule has 0 heterocycles. The number of hydrogen-bond acceptors (Lipinski definition) is 5. The Balaban J connectivity index is 2.34. The van der Waals surface area contributed by atoms with E-state index in [0.717, 1.165) is 12.3 Å². The fraction of sp³-hybridized carbons (Fsp3) is 0.381. The summed E-state index contributed by atoms with van der Waals surface area (Å²) in [6.07, 6.45) is -3.20. The Hall–Kier alpha value is -2.95. The zero-order chi connectivity index (χ0) is 24.1. The number of carbonyl (C=O) groups is 1. The summed E-state index contributed by atoms with van der Waals surface area (Å²) >= 11 is 0. The van der Waals surface area contributed by atoms with Gasteiger partial charge in [0.15, 0.2) is 11.5 Å². The number of alkyl halides is 3. The number of amides is 2. The largest absolute Gasteiger partial charge is 0.493 e. The molecule has 1 atom stereocenters. The normalized spacial score (nSPS) is 12.7. The molecule has 32 heavy (non-hydrogen) atoms. The van der Waals surface area contributed by atoms with Gasteiger partial charge in [-0.2, -0.15) is 21.6 Å². The van der Waals surface area contributed by atoms with Crippen LogP contribution >= 0.6 is 0 Å². The van der Waals surface area contributed by atoms with Crippen LogP contribution in [0.1, 0.15) is 31.4 Å². The number of carbonyl (C=O) groups excluding carboxylic acids is 1. The SMILES string of the molecule is CCC(C)N(Cc1ccc(OC)c(OS(C)(=O)=O)c1)C(=O)Nc1ccccc1C(F)(F)F. The van der Waals surface area contributed by atoms with Crippen molar-refractivity contribution in [3.8, 4) is 11.5 Å². The first kappa shape index (κ1) is 25.3. The molecule has 2 aromatic carbocycles. The van der Waals surface area contributed by atoms with E-state index in [-0.39, 0.29) is 29.8 Å². The molecule has 0 aliphatic rings. The molecule has 0 spiro atoms. The minimum Gasteiger partial charge on any atom is -0.493 e. The van der Waals surface area contributed by atoms with E-state index in [1.165, 1.54) is 42.3 Å². The first-order chi connectivity index (χ1) is 14.9. The van der Waals surface area contributed by atoms with Gasteiger partial charge in [-0.3, -0.25) is 0 Å². The van der Waals surface area contributed by atoms with E-state index in [0.29, 0.717) is 12.0 Å². The maximum Gasteiger partial charge on any atom is 0.418 e. The molecule has 176 valence electrons. The maximum absolute atomic E-state index is 13.3. The van der Waals surface area contributed by atoms with Crippen molar-refractivity contribution >= 4 is 21.8 Å². The first-order valence-electron chi connectivity index (χ1n) is 9.66. The number of ether oxygens (including phenoxy) is 1. The number of halogens is 3. The van der Waals surface area contributed by atoms with E-state index in [4.69, 9.17) is 8.92 Å². The number of anilines is 1. The van der Waals surface area contributed by atoms with Gasteiger partial charge in [-0.25, -0.2) is 4.79 Å². The van der Waals surface area contributed by atoms with Crippen LogP contribution in [-0.4, -0.2) is 38.8 Å². The van der Waals surface area contributed by atoms with Crippen molar-refractivity contribution in [3.63, 3.8) is 0 Å². The number of urea groups is 1. The van der Waals surface area contributed by atoms with Crippen molar-refractivity contribution in [1.29, 1.82) is 0 Å². The van der Waals surface area contributed by atoms with Crippen molar-refractivity contribution in [2.24, 2.45) is 0 Å². The monoisotopic (exact) mass is 474 g/mol. The van der Waals surface area contributed by atoms with Crippen LogP contribution in [0.15, 0.2) is 42.5 Å². The third-order valence-corrected chi connectivity index (χ3v) is 5.16. The highest BCUT2D eigenvalue weighted by Crippen LogP contribution is 2.35. The molecule has 0 saturated heterocycles. The van der Waals surface area contributed by atoms with Gasteiger partial charge in [0.1, 0.15) is 0 Å². The van der Waals surface area contributed by atoms with Crippen molar-refractivity contribution in [2.75, 3.05) is 18.7 Å². The van der Waals surface area contributed by atoms with Crippen LogP contribution in [-0.2, 0) is 22.8 Å². The standard InChI is InChI=1S/C21H25F3N2O5S/c1-5-14(2)26(20(27)25-17-9-7-6-8-16(17)21(22,23)24)13-15-10-11-18(30-3)19(12-15)31-32(4,28)29/h6-12,14H,5,13H2,1-4H3,(H,25,27). The Bertz CT molecular complexity index is 1060. The molecule has 0 radical (unpaired) electrons. The van der Waals surface area contributed by atoms with Crippen molar-refractivity contribution in [3.05, 3.63) is 53.6 Å². The molecule has 0 bridgehead atoms. The summed E-state index contributed by atoms with van der Waals surface area (Å²) in [6.45, 7) is 3.59. The van der Waals surface area contributed by atoms with E-state index < -0.39 is 27.9 Å². The molecule has 0 saturated carbocycles. The molecule has 7 nitrogen and oxygen atoms in total. The van der Waals surface area contributed by atoms with Gasteiger partial charge in [0.05, 0.1) is 24.6 Å². The molecular weight excluding hydrogens is 449 g/mol. The first-order valence-corrected chi connectivity index (χ1v) is 11.5. The lowest BCUT2D eigenvalue weighted by atomic mass is 10.1. The number of benzene rings is 2. The zero-order valence-corrected chi connectivity index (χ0v) is 18.9. The molecular formula is C21H25F3N2O5S. The fourth-order valence-electron chi connectivity index (χ4n) is 2.92. The number of nitrogens with zero attached hydrogens (tertiary/aromatic N) is 1. The van der Waals surface area contributed by atoms with E-state index in [1.54, 1.807) is 13.0 Å². The third kappa shape index (κ3) is 6.78. The van der Waals surface area contributed by atoms with Crippen molar-refractivity contribution < 1.29 is 35.3 Å². The van der Waals surface area contributed by atoms with Crippen molar-refractivity contribution in [2.45, 2.75) is 39.0 Å². The average Bonchev–Trinajstić information content (AvgIpc) is 2.70. The van der Waals surface area contributed by atoms with Gasteiger partial charge in [-0.15, -0.1) is 0 Å². The van der Waals surface area contributed by atoms with E-state index in [9.17, 15) is 26.4 Å². The minimum atomic E-state index is -4.63. The molecule has 1 N–H and O–H groups in total. The van der Waals surface area contributed by atoms with Gasteiger partial charge in [-0.05, 0) is 43.2 Å². The van der Waals surface area contributed by atoms with Crippen LogP contribution < -0.4 is 14.2 Å². The summed E-state index contributed by atoms with van der Waals surface area (Å²) in [6, 6.07) is 8.17. The molecule has 0 aliphatic heterocycles. The van der Waals surface area contributed by atoms with Gasteiger partial charge in [0, 0.05) is 12.6 Å². The van der Waals surface area contributed by atoms with Crippen LogP contribution in [0.5, 0.6) is 11.5 Å². The molecule has 1 unspecified atom stereocenters.